The number of thioether (sulfide) groups is 1. The second-order valence-corrected chi connectivity index (χ2v) is 4.85. The summed E-state index contributed by atoms with van der Waals surface area (Å²) in [6.07, 6.45) is 2.60. The predicted molar refractivity (Wildman–Crippen MR) is 74.9 cm³/mol. The molecule has 1 rings (SSSR count). The Hall–Kier alpha value is -1.20. The van der Waals surface area contributed by atoms with E-state index in [-0.39, 0.29) is 12.6 Å². The molecule has 0 radical (unpaired) electrons. The lowest BCUT2D eigenvalue weighted by Gasteiger charge is -2.10. The Kier molecular flexibility index (Phi) is 6.60. The van der Waals surface area contributed by atoms with Gasteiger partial charge in [0.25, 0.3) is 0 Å². The second-order valence-electron chi connectivity index (χ2n) is 4.00. The van der Waals surface area contributed by atoms with Crippen molar-refractivity contribution < 1.29 is 9.90 Å². The molecule has 5 heteroatoms. The molecule has 2 amide bonds. The van der Waals surface area contributed by atoms with Crippen molar-refractivity contribution in [2.75, 3.05) is 19.4 Å². The number of urea groups is 1. The van der Waals surface area contributed by atoms with Crippen molar-refractivity contribution in [2.24, 2.45) is 0 Å². The molecule has 0 unspecified atom stereocenters. The van der Waals surface area contributed by atoms with Crippen LogP contribution in [0.3, 0.4) is 0 Å². The number of aryl methyl sites for hydroxylation is 1. The summed E-state index contributed by atoms with van der Waals surface area (Å²) in [7, 11) is 0. The lowest BCUT2D eigenvalue weighted by Crippen LogP contribution is -2.35. The fourth-order valence-electron chi connectivity index (χ4n) is 1.52. The molecule has 0 saturated carbocycles. The van der Waals surface area contributed by atoms with E-state index in [0.29, 0.717) is 19.5 Å². The average molecular weight is 268 g/mol. The first-order valence-corrected chi connectivity index (χ1v) is 7.16. The van der Waals surface area contributed by atoms with Crippen molar-refractivity contribution in [1.82, 2.24) is 10.6 Å². The molecule has 0 fully saturated rings. The number of rotatable bonds is 6. The molecule has 0 spiro atoms. The van der Waals surface area contributed by atoms with Crippen molar-refractivity contribution in [2.45, 2.75) is 24.8 Å². The Morgan fingerprint density at radius 2 is 2.17 bits per heavy atom. The van der Waals surface area contributed by atoms with E-state index < -0.39 is 0 Å². The third-order valence-electron chi connectivity index (χ3n) is 2.50. The number of amides is 2. The quantitative estimate of drug-likeness (QED) is 0.545. The maximum absolute atomic E-state index is 11.4. The van der Waals surface area contributed by atoms with E-state index in [1.165, 1.54) is 10.5 Å². The first-order valence-electron chi connectivity index (χ1n) is 5.93. The van der Waals surface area contributed by atoms with Crippen LogP contribution >= 0.6 is 11.8 Å². The minimum absolute atomic E-state index is 0.0921. The van der Waals surface area contributed by atoms with Crippen LogP contribution in [0, 0.1) is 6.92 Å². The van der Waals surface area contributed by atoms with Gasteiger partial charge < -0.3 is 15.7 Å². The molecular formula is C13H20N2O2S. The van der Waals surface area contributed by atoms with Gasteiger partial charge in [0.2, 0.25) is 0 Å². The number of aliphatic hydroxyl groups excluding tert-OH is 1. The number of aliphatic hydroxyl groups is 1. The molecule has 1 aromatic rings. The fourth-order valence-corrected chi connectivity index (χ4v) is 2.22. The van der Waals surface area contributed by atoms with Gasteiger partial charge in [0, 0.05) is 24.6 Å². The SMILES string of the molecule is CSc1cc(C)ccc1CNC(=O)NCCCO. The standard InChI is InChI=1S/C13H20N2O2S/c1-10-4-5-11(12(8-10)18-2)9-15-13(17)14-6-3-7-16/h4-5,8,16H,3,6-7,9H2,1-2H3,(H2,14,15,17). The molecule has 3 N–H and O–H groups in total. The van der Waals surface area contributed by atoms with Gasteiger partial charge in [0.05, 0.1) is 0 Å². The van der Waals surface area contributed by atoms with Crippen LogP contribution in [0.2, 0.25) is 0 Å². The van der Waals surface area contributed by atoms with Crippen LogP contribution < -0.4 is 10.6 Å². The van der Waals surface area contributed by atoms with E-state index in [0.717, 1.165) is 5.56 Å². The third-order valence-corrected chi connectivity index (χ3v) is 3.32. The molecule has 0 heterocycles. The van der Waals surface area contributed by atoms with E-state index in [4.69, 9.17) is 5.11 Å². The maximum atomic E-state index is 11.4. The van der Waals surface area contributed by atoms with Gasteiger partial charge >= 0.3 is 6.03 Å². The van der Waals surface area contributed by atoms with Gasteiger partial charge in [-0.15, -0.1) is 11.8 Å². The van der Waals surface area contributed by atoms with Gasteiger partial charge in [0.1, 0.15) is 0 Å². The first kappa shape index (κ1) is 14.9. The van der Waals surface area contributed by atoms with Crippen LogP contribution in [-0.4, -0.2) is 30.5 Å². The number of carbonyl (C=O) groups is 1. The Labute approximate surface area is 112 Å². The smallest absolute Gasteiger partial charge is 0.315 e. The first-order chi connectivity index (χ1) is 8.67. The summed E-state index contributed by atoms with van der Waals surface area (Å²) in [6.45, 7) is 3.15. The molecule has 0 aliphatic heterocycles. The van der Waals surface area contributed by atoms with E-state index in [1.807, 2.05) is 18.4 Å². The lowest BCUT2D eigenvalue weighted by molar-refractivity contribution is 0.237. The summed E-state index contributed by atoms with van der Waals surface area (Å²) in [5, 5.41) is 14.1. The van der Waals surface area contributed by atoms with Gasteiger partial charge in [-0.1, -0.05) is 12.1 Å². The molecule has 0 bridgehead atoms. The third kappa shape index (κ3) is 4.98. The molecule has 4 nitrogen and oxygen atoms in total. The molecular weight excluding hydrogens is 248 g/mol. The van der Waals surface area contributed by atoms with Crippen LogP contribution in [-0.2, 0) is 6.54 Å². The van der Waals surface area contributed by atoms with E-state index in [9.17, 15) is 4.79 Å². The normalized spacial score (nSPS) is 10.2. The highest BCUT2D eigenvalue weighted by molar-refractivity contribution is 7.98. The number of nitrogens with one attached hydrogen (secondary N) is 2. The molecule has 100 valence electrons. The highest BCUT2D eigenvalue weighted by Gasteiger charge is 2.04. The maximum Gasteiger partial charge on any atom is 0.315 e. The number of carbonyl (C=O) groups excluding carboxylic acids is 1. The number of hydrogen-bond donors (Lipinski definition) is 3. The summed E-state index contributed by atoms with van der Waals surface area (Å²) >= 11 is 1.68. The van der Waals surface area contributed by atoms with Crippen molar-refractivity contribution in [3.05, 3.63) is 29.3 Å². The van der Waals surface area contributed by atoms with Gasteiger partial charge in [-0.25, -0.2) is 4.79 Å². The number of hydrogen-bond acceptors (Lipinski definition) is 3. The minimum atomic E-state index is -0.198. The predicted octanol–water partition coefficient (Wildman–Crippen LogP) is 1.90. The largest absolute Gasteiger partial charge is 0.396 e. The fraction of sp³-hybridized carbons (Fsp3) is 0.462. The van der Waals surface area contributed by atoms with Crippen molar-refractivity contribution >= 4 is 17.8 Å². The van der Waals surface area contributed by atoms with Crippen LogP contribution in [0.1, 0.15) is 17.5 Å². The zero-order chi connectivity index (χ0) is 13.4. The molecule has 0 aliphatic carbocycles. The molecule has 18 heavy (non-hydrogen) atoms. The van der Waals surface area contributed by atoms with Gasteiger partial charge in [-0.3, -0.25) is 0 Å². The topological polar surface area (TPSA) is 61.4 Å². The lowest BCUT2D eigenvalue weighted by atomic mass is 10.1. The average Bonchev–Trinajstić information content (AvgIpc) is 2.37. The summed E-state index contributed by atoms with van der Waals surface area (Å²) in [6, 6.07) is 6.00. The second kappa shape index (κ2) is 8.00. The van der Waals surface area contributed by atoms with Gasteiger partial charge in [0.15, 0.2) is 0 Å². The van der Waals surface area contributed by atoms with E-state index in [1.54, 1.807) is 11.8 Å². The summed E-state index contributed by atoms with van der Waals surface area (Å²) in [4.78, 5) is 12.6. The molecule has 0 atom stereocenters. The van der Waals surface area contributed by atoms with Crippen LogP contribution in [0.4, 0.5) is 4.79 Å². The van der Waals surface area contributed by atoms with Gasteiger partial charge in [-0.05, 0) is 36.8 Å². The van der Waals surface area contributed by atoms with E-state index >= 15 is 0 Å². The van der Waals surface area contributed by atoms with E-state index in [2.05, 4.69) is 23.6 Å². The molecule has 0 aromatic heterocycles. The van der Waals surface area contributed by atoms with Crippen molar-refractivity contribution in [3.63, 3.8) is 0 Å². The summed E-state index contributed by atoms with van der Waals surface area (Å²) in [5.41, 5.74) is 2.33. The highest BCUT2D eigenvalue weighted by Crippen LogP contribution is 2.21. The van der Waals surface area contributed by atoms with Crippen molar-refractivity contribution in [1.29, 1.82) is 0 Å². The van der Waals surface area contributed by atoms with Crippen molar-refractivity contribution in [3.8, 4) is 0 Å². The van der Waals surface area contributed by atoms with Crippen LogP contribution in [0.25, 0.3) is 0 Å². The van der Waals surface area contributed by atoms with Crippen LogP contribution in [0.15, 0.2) is 23.1 Å². The molecule has 0 saturated heterocycles. The molecule has 1 aromatic carbocycles. The highest BCUT2D eigenvalue weighted by atomic mass is 32.2. The Bertz CT molecular complexity index is 397. The van der Waals surface area contributed by atoms with Gasteiger partial charge in [-0.2, -0.15) is 0 Å². The zero-order valence-corrected chi connectivity index (χ0v) is 11.6. The Morgan fingerprint density at radius 3 is 2.83 bits per heavy atom. The Balaban J connectivity index is 2.45. The zero-order valence-electron chi connectivity index (χ0n) is 10.8. The number of benzene rings is 1. The monoisotopic (exact) mass is 268 g/mol. The van der Waals surface area contributed by atoms with Crippen LogP contribution in [0.5, 0.6) is 0 Å². The summed E-state index contributed by atoms with van der Waals surface area (Å²) in [5.74, 6) is 0. The summed E-state index contributed by atoms with van der Waals surface area (Å²) < 4.78 is 0. The Morgan fingerprint density at radius 1 is 1.39 bits per heavy atom. The molecule has 0 aliphatic rings. The minimum Gasteiger partial charge on any atom is -0.396 e.